The first-order valence-electron chi connectivity index (χ1n) is 3.21. The average molecular weight is 379 g/mol. The van der Waals surface area contributed by atoms with E-state index in [4.69, 9.17) is 34.7 Å². The fourth-order valence-corrected chi connectivity index (χ4v) is 1.09. The summed E-state index contributed by atoms with van der Waals surface area (Å²) in [5.41, 5.74) is 10.6. The fraction of sp³-hybridized carbons (Fsp3) is 0.833. The van der Waals surface area contributed by atoms with Crippen molar-refractivity contribution >= 4 is 23.2 Å². The van der Waals surface area contributed by atoms with Crippen LogP contribution in [-0.2, 0) is 21.1 Å². The molecule has 2 nitrogen and oxygen atoms in total. The Balaban J connectivity index is 0. The standard InChI is InChI=1S/C6H13Cl2N2.Pt/c1-2-5(4-9)3-6(7,8)10;/h4-5H,2-3,9-10H2,1H3;/q-1;. The third-order valence-corrected chi connectivity index (χ3v) is 1.64. The maximum absolute atomic E-state index is 5.55. The van der Waals surface area contributed by atoms with Crippen LogP contribution in [0.3, 0.4) is 0 Å². The Hall–Kier alpha value is 1.19. The first kappa shape index (κ1) is 14.7. The van der Waals surface area contributed by atoms with Crippen LogP contribution in [0.15, 0.2) is 0 Å². The Morgan fingerprint density at radius 1 is 1.55 bits per heavy atom. The SMILES string of the molecule is CCC([CH-]N)CC(N)(Cl)Cl.[Pt]. The van der Waals surface area contributed by atoms with E-state index in [0.717, 1.165) is 6.42 Å². The molecule has 0 amide bonds. The van der Waals surface area contributed by atoms with Crippen molar-refractivity contribution in [2.24, 2.45) is 17.4 Å². The molecule has 1 unspecified atom stereocenters. The van der Waals surface area contributed by atoms with Gasteiger partial charge >= 0.3 is 0 Å². The quantitative estimate of drug-likeness (QED) is 0.443. The molecule has 0 spiro atoms. The van der Waals surface area contributed by atoms with Crippen molar-refractivity contribution < 1.29 is 21.1 Å². The van der Waals surface area contributed by atoms with E-state index >= 15 is 0 Å². The maximum atomic E-state index is 5.55. The van der Waals surface area contributed by atoms with E-state index in [1.165, 1.54) is 0 Å². The first-order chi connectivity index (χ1) is 4.49. The molecule has 1 atom stereocenters. The molecule has 0 fully saturated rings. The Morgan fingerprint density at radius 2 is 2.00 bits per heavy atom. The predicted octanol–water partition coefficient (Wildman–Crippen LogP) is 1.61. The van der Waals surface area contributed by atoms with Crippen LogP contribution in [-0.4, -0.2) is 4.46 Å². The summed E-state index contributed by atoms with van der Waals surface area (Å²) in [5, 5.41) is 0. The van der Waals surface area contributed by atoms with E-state index in [9.17, 15) is 0 Å². The fourth-order valence-electron chi connectivity index (χ4n) is 0.698. The van der Waals surface area contributed by atoms with Crippen molar-refractivity contribution in [1.29, 1.82) is 0 Å². The molecule has 0 rings (SSSR count). The van der Waals surface area contributed by atoms with Gasteiger partial charge in [-0.25, -0.2) is 0 Å². The van der Waals surface area contributed by atoms with Crippen LogP contribution >= 0.6 is 23.2 Å². The molecule has 0 saturated heterocycles. The van der Waals surface area contributed by atoms with Crippen molar-refractivity contribution in [2.45, 2.75) is 24.2 Å². The van der Waals surface area contributed by atoms with Gasteiger partial charge in [0, 0.05) is 21.1 Å². The minimum Gasteiger partial charge on any atom is -0.483 e. The summed E-state index contributed by atoms with van der Waals surface area (Å²) >= 11 is 11.1. The zero-order chi connectivity index (χ0) is 8.20. The average Bonchev–Trinajstić information content (AvgIpc) is 1.81. The zero-order valence-electron chi connectivity index (χ0n) is 6.30. The Morgan fingerprint density at radius 3 is 2.09 bits per heavy atom. The van der Waals surface area contributed by atoms with Crippen LogP contribution in [0.1, 0.15) is 19.8 Å². The van der Waals surface area contributed by atoms with Crippen LogP contribution in [0, 0.1) is 12.5 Å². The summed E-state index contributed by atoms with van der Waals surface area (Å²) in [5.74, 6) is 0.208. The van der Waals surface area contributed by atoms with Gasteiger partial charge in [0.2, 0.25) is 0 Å². The smallest absolute Gasteiger partial charge is 0.164 e. The summed E-state index contributed by atoms with van der Waals surface area (Å²) in [6.07, 6.45) is 1.41. The van der Waals surface area contributed by atoms with E-state index in [0.29, 0.717) is 6.42 Å². The third kappa shape index (κ3) is 9.10. The number of hydrogen-bond acceptors (Lipinski definition) is 2. The molecule has 0 aromatic heterocycles. The van der Waals surface area contributed by atoms with Crippen LogP contribution < -0.4 is 11.5 Å². The Kier molecular flexibility index (Phi) is 8.92. The number of rotatable bonds is 4. The first-order valence-corrected chi connectivity index (χ1v) is 3.97. The van der Waals surface area contributed by atoms with Crippen molar-refractivity contribution in [1.82, 2.24) is 0 Å². The molecule has 0 aromatic rings. The molecule has 5 heteroatoms. The van der Waals surface area contributed by atoms with Gasteiger partial charge in [-0.3, -0.25) is 6.54 Å². The van der Waals surface area contributed by atoms with Crippen molar-refractivity contribution in [3.63, 3.8) is 0 Å². The molecule has 0 aromatic carbocycles. The molecule has 11 heavy (non-hydrogen) atoms. The van der Waals surface area contributed by atoms with Gasteiger partial charge < -0.3 is 11.5 Å². The minimum absolute atomic E-state index is 0. The van der Waals surface area contributed by atoms with Crippen molar-refractivity contribution in [3.05, 3.63) is 6.54 Å². The van der Waals surface area contributed by atoms with Gasteiger partial charge in [-0.1, -0.05) is 36.5 Å². The van der Waals surface area contributed by atoms with Crippen molar-refractivity contribution in [3.8, 4) is 0 Å². The van der Waals surface area contributed by atoms with Gasteiger partial charge in [-0.05, 0) is 6.42 Å². The Bertz CT molecular complexity index is 91.1. The molecule has 0 aliphatic heterocycles. The molecule has 0 saturated carbocycles. The summed E-state index contributed by atoms with van der Waals surface area (Å²) in [7, 11) is 0. The molecule has 0 aliphatic rings. The molecular weight excluding hydrogens is 366 g/mol. The van der Waals surface area contributed by atoms with Gasteiger partial charge in [0.25, 0.3) is 0 Å². The number of alkyl halides is 2. The van der Waals surface area contributed by atoms with E-state index in [1.807, 2.05) is 6.92 Å². The molecule has 0 radical (unpaired) electrons. The van der Waals surface area contributed by atoms with E-state index < -0.39 is 4.46 Å². The third-order valence-electron chi connectivity index (χ3n) is 1.33. The van der Waals surface area contributed by atoms with E-state index in [1.54, 1.807) is 6.54 Å². The normalized spacial score (nSPS) is 13.9. The van der Waals surface area contributed by atoms with Crippen LogP contribution in [0.2, 0.25) is 0 Å². The van der Waals surface area contributed by atoms with Gasteiger partial charge in [-0.2, -0.15) is 5.92 Å². The van der Waals surface area contributed by atoms with Gasteiger partial charge in [0.15, 0.2) is 4.46 Å². The molecule has 0 bridgehead atoms. The zero-order valence-corrected chi connectivity index (χ0v) is 10.1. The van der Waals surface area contributed by atoms with E-state index in [2.05, 4.69) is 0 Å². The number of hydrogen-bond donors (Lipinski definition) is 2. The Labute approximate surface area is 92.2 Å². The summed E-state index contributed by atoms with van der Waals surface area (Å²) in [6, 6.07) is 0. The molecule has 4 N–H and O–H groups in total. The van der Waals surface area contributed by atoms with E-state index in [-0.39, 0.29) is 27.0 Å². The molecular formula is C6H13Cl2N2Pt-. The summed E-state index contributed by atoms with van der Waals surface area (Å²) in [4.78, 5) is 0. The van der Waals surface area contributed by atoms with Gasteiger partial charge in [0.1, 0.15) is 0 Å². The summed E-state index contributed by atoms with van der Waals surface area (Å²) in [6.45, 7) is 3.58. The molecule has 0 heterocycles. The maximum Gasteiger partial charge on any atom is 0.164 e. The molecule has 0 aliphatic carbocycles. The van der Waals surface area contributed by atoms with Gasteiger partial charge in [0.05, 0.1) is 0 Å². The monoisotopic (exact) mass is 378 g/mol. The molecule has 72 valence electrons. The predicted molar refractivity (Wildman–Crippen MR) is 45.5 cm³/mol. The van der Waals surface area contributed by atoms with Crippen LogP contribution in [0.4, 0.5) is 0 Å². The topological polar surface area (TPSA) is 52.0 Å². The largest absolute Gasteiger partial charge is 0.483 e. The minimum atomic E-state index is -1.14. The summed E-state index contributed by atoms with van der Waals surface area (Å²) < 4.78 is -1.14. The van der Waals surface area contributed by atoms with Gasteiger partial charge in [-0.15, -0.1) is 0 Å². The second kappa shape index (κ2) is 6.68. The number of halogens is 2. The number of nitrogens with two attached hydrogens (primary N) is 2. The second-order valence-electron chi connectivity index (χ2n) is 2.33. The van der Waals surface area contributed by atoms with Crippen LogP contribution in [0.5, 0.6) is 0 Å². The second-order valence-corrected chi connectivity index (χ2v) is 3.87. The van der Waals surface area contributed by atoms with Crippen molar-refractivity contribution in [2.75, 3.05) is 0 Å². The van der Waals surface area contributed by atoms with Crippen LogP contribution in [0.25, 0.3) is 0 Å².